The Labute approximate surface area is 88.2 Å². The van der Waals surface area contributed by atoms with Gasteiger partial charge in [-0.2, -0.15) is 0 Å². The molecule has 0 amide bonds. The fourth-order valence-electron chi connectivity index (χ4n) is 0.988. The third-order valence-electron chi connectivity index (χ3n) is 1.81. The van der Waals surface area contributed by atoms with E-state index in [-0.39, 0.29) is 0 Å². The van der Waals surface area contributed by atoms with Gasteiger partial charge in [-0.3, -0.25) is 0 Å². The number of hydrogen-bond donors (Lipinski definition) is 1. The van der Waals surface area contributed by atoms with E-state index in [1.807, 2.05) is 0 Å². The van der Waals surface area contributed by atoms with Crippen LogP contribution in [0.2, 0.25) is 0 Å². The summed E-state index contributed by atoms with van der Waals surface area (Å²) >= 11 is 0. The molecule has 0 fully saturated rings. The van der Waals surface area contributed by atoms with Gasteiger partial charge in [-0.1, -0.05) is 27.2 Å². The van der Waals surface area contributed by atoms with Gasteiger partial charge in [-0.25, -0.2) is 0 Å². The van der Waals surface area contributed by atoms with Crippen molar-refractivity contribution in [3.63, 3.8) is 0 Å². The van der Waals surface area contributed by atoms with E-state index in [1.54, 1.807) is 0 Å². The number of nitrogens with one attached hydrogen (secondary N) is 1. The van der Waals surface area contributed by atoms with Gasteiger partial charge in [-0.15, -0.1) is 0 Å². The van der Waals surface area contributed by atoms with E-state index in [1.165, 1.54) is 6.42 Å². The monoisotopic (exact) mass is 203 g/mol. The van der Waals surface area contributed by atoms with E-state index >= 15 is 0 Å². The molecule has 0 aromatic rings. The predicted octanol–water partition coefficient (Wildman–Crippen LogP) is 1.82. The molecule has 0 aliphatic carbocycles. The lowest BCUT2D eigenvalue weighted by Gasteiger charge is -2.08. The Hall–Kier alpha value is -0.120. The van der Waals surface area contributed by atoms with Gasteiger partial charge in [0.15, 0.2) is 0 Å². The normalized spacial score (nSPS) is 11.1. The average molecular weight is 203 g/mol. The Morgan fingerprint density at radius 2 is 1.64 bits per heavy atom. The first-order chi connectivity index (χ1) is 6.77. The summed E-state index contributed by atoms with van der Waals surface area (Å²) in [7, 11) is 0. The van der Waals surface area contributed by atoms with Crippen molar-refractivity contribution in [1.82, 2.24) is 5.32 Å². The summed E-state index contributed by atoms with van der Waals surface area (Å²) in [4.78, 5) is 0. The van der Waals surface area contributed by atoms with Gasteiger partial charge < -0.3 is 14.8 Å². The minimum Gasteiger partial charge on any atom is -0.379 e. The first-order valence-electron chi connectivity index (χ1n) is 5.66. The van der Waals surface area contributed by atoms with Crippen molar-refractivity contribution in [3.8, 4) is 0 Å². The highest BCUT2D eigenvalue weighted by atomic mass is 16.5. The number of hydrogen-bond acceptors (Lipinski definition) is 3. The molecule has 86 valence electrons. The molecule has 1 N–H and O–H groups in total. The Morgan fingerprint density at radius 1 is 1.00 bits per heavy atom. The second-order valence-corrected chi connectivity index (χ2v) is 3.69. The molecule has 0 radical (unpaired) electrons. The Kier molecular flexibility index (Phi) is 10.9. The number of rotatable bonds is 10. The van der Waals surface area contributed by atoms with Crippen LogP contribution in [-0.2, 0) is 9.47 Å². The highest BCUT2D eigenvalue weighted by Gasteiger charge is 1.92. The molecule has 3 nitrogen and oxygen atoms in total. The lowest BCUT2D eigenvalue weighted by molar-refractivity contribution is 0.0474. The van der Waals surface area contributed by atoms with Crippen LogP contribution >= 0.6 is 0 Å². The lowest BCUT2D eigenvalue weighted by Crippen LogP contribution is -2.27. The second-order valence-electron chi connectivity index (χ2n) is 3.69. The summed E-state index contributed by atoms with van der Waals surface area (Å²) in [6.45, 7) is 10.4. The highest BCUT2D eigenvalue weighted by molar-refractivity contribution is 4.50. The molecule has 0 unspecified atom stereocenters. The van der Waals surface area contributed by atoms with Crippen LogP contribution in [0.1, 0.15) is 33.6 Å². The maximum atomic E-state index is 5.38. The summed E-state index contributed by atoms with van der Waals surface area (Å²) < 4.78 is 10.7. The zero-order valence-electron chi connectivity index (χ0n) is 9.84. The third-order valence-corrected chi connectivity index (χ3v) is 1.81. The largest absolute Gasteiger partial charge is 0.379 e. The Balaban J connectivity index is 2.85. The molecular weight excluding hydrogens is 178 g/mol. The fourth-order valence-corrected chi connectivity index (χ4v) is 0.988. The summed E-state index contributed by atoms with van der Waals surface area (Å²) in [6.07, 6.45) is 2.34. The standard InChI is InChI=1S/C11H25NO2/c1-4-5-7-13-9-10-14-8-6-12-11(2)3/h11-12H,4-10H2,1-3H3. The Bertz CT molecular complexity index is 107. The first kappa shape index (κ1) is 13.9. The highest BCUT2D eigenvalue weighted by Crippen LogP contribution is 1.87. The summed E-state index contributed by atoms with van der Waals surface area (Å²) in [5, 5.41) is 3.29. The van der Waals surface area contributed by atoms with Crippen molar-refractivity contribution >= 4 is 0 Å². The third kappa shape index (κ3) is 11.9. The van der Waals surface area contributed by atoms with Gasteiger partial charge in [-0.05, 0) is 6.42 Å². The maximum Gasteiger partial charge on any atom is 0.0701 e. The lowest BCUT2D eigenvalue weighted by atomic mass is 10.4. The molecule has 3 heteroatoms. The zero-order chi connectivity index (χ0) is 10.6. The van der Waals surface area contributed by atoms with E-state index in [0.717, 1.165) is 32.8 Å². The van der Waals surface area contributed by atoms with Crippen molar-refractivity contribution in [3.05, 3.63) is 0 Å². The zero-order valence-corrected chi connectivity index (χ0v) is 9.84. The van der Waals surface area contributed by atoms with Crippen LogP contribution < -0.4 is 5.32 Å². The molecule has 0 heterocycles. The number of ether oxygens (including phenoxy) is 2. The molecule has 0 saturated heterocycles. The molecule has 0 aliphatic heterocycles. The Morgan fingerprint density at radius 3 is 2.21 bits per heavy atom. The molecule has 0 aliphatic rings. The molecule has 0 rings (SSSR count). The second kappa shape index (κ2) is 11.0. The molecule has 0 aromatic carbocycles. The molecular formula is C11H25NO2. The summed E-state index contributed by atoms with van der Waals surface area (Å²) in [5.41, 5.74) is 0. The molecule has 0 aromatic heterocycles. The van der Waals surface area contributed by atoms with Crippen molar-refractivity contribution in [2.45, 2.75) is 39.7 Å². The summed E-state index contributed by atoms with van der Waals surface area (Å²) in [5.74, 6) is 0. The van der Waals surface area contributed by atoms with Gasteiger partial charge >= 0.3 is 0 Å². The quantitative estimate of drug-likeness (QED) is 0.549. The van der Waals surface area contributed by atoms with E-state index in [2.05, 4.69) is 26.1 Å². The topological polar surface area (TPSA) is 30.5 Å². The van der Waals surface area contributed by atoms with Crippen LogP contribution in [0.5, 0.6) is 0 Å². The minimum atomic E-state index is 0.541. The van der Waals surface area contributed by atoms with Gasteiger partial charge in [0.1, 0.15) is 0 Å². The SMILES string of the molecule is CCCCOCCOCCNC(C)C. The van der Waals surface area contributed by atoms with Gasteiger partial charge in [0.25, 0.3) is 0 Å². The van der Waals surface area contributed by atoms with Crippen molar-refractivity contribution in [1.29, 1.82) is 0 Å². The summed E-state index contributed by atoms with van der Waals surface area (Å²) in [6, 6.07) is 0.541. The van der Waals surface area contributed by atoms with Crippen LogP contribution in [-0.4, -0.2) is 39.0 Å². The van der Waals surface area contributed by atoms with Crippen molar-refractivity contribution < 1.29 is 9.47 Å². The first-order valence-corrected chi connectivity index (χ1v) is 5.66. The van der Waals surface area contributed by atoms with Crippen molar-refractivity contribution in [2.75, 3.05) is 33.0 Å². The van der Waals surface area contributed by atoms with Crippen molar-refractivity contribution in [2.24, 2.45) is 0 Å². The number of unbranched alkanes of at least 4 members (excludes halogenated alkanes) is 1. The van der Waals surface area contributed by atoms with Gasteiger partial charge in [0.05, 0.1) is 19.8 Å². The predicted molar refractivity (Wildman–Crippen MR) is 59.7 cm³/mol. The van der Waals surface area contributed by atoms with Crippen LogP contribution in [0.25, 0.3) is 0 Å². The van der Waals surface area contributed by atoms with E-state index in [4.69, 9.17) is 9.47 Å². The minimum absolute atomic E-state index is 0.541. The fraction of sp³-hybridized carbons (Fsp3) is 1.00. The molecule has 0 saturated carbocycles. The smallest absolute Gasteiger partial charge is 0.0701 e. The maximum absolute atomic E-state index is 5.38. The van der Waals surface area contributed by atoms with E-state index in [9.17, 15) is 0 Å². The van der Waals surface area contributed by atoms with Gasteiger partial charge in [0.2, 0.25) is 0 Å². The molecule has 0 spiro atoms. The molecule has 0 bridgehead atoms. The molecule has 0 atom stereocenters. The molecule has 14 heavy (non-hydrogen) atoms. The van der Waals surface area contributed by atoms with E-state index < -0.39 is 0 Å². The van der Waals surface area contributed by atoms with Crippen LogP contribution in [0.15, 0.2) is 0 Å². The van der Waals surface area contributed by atoms with Gasteiger partial charge in [0, 0.05) is 19.2 Å². The van der Waals surface area contributed by atoms with Crippen LogP contribution in [0.4, 0.5) is 0 Å². The van der Waals surface area contributed by atoms with Crippen LogP contribution in [0, 0.1) is 0 Å². The average Bonchev–Trinajstić information content (AvgIpc) is 2.15. The van der Waals surface area contributed by atoms with Crippen LogP contribution in [0.3, 0.4) is 0 Å². The van der Waals surface area contributed by atoms with E-state index in [0.29, 0.717) is 12.6 Å².